The van der Waals surface area contributed by atoms with Gasteiger partial charge >= 0.3 is 12.1 Å². The van der Waals surface area contributed by atoms with E-state index in [2.05, 4.69) is 15.3 Å². The van der Waals surface area contributed by atoms with E-state index < -0.39 is 17.7 Å². The third-order valence-electron chi connectivity index (χ3n) is 4.22. The molecule has 6 nitrogen and oxygen atoms in total. The summed E-state index contributed by atoms with van der Waals surface area (Å²) in [4.78, 5) is 11.5. The van der Waals surface area contributed by atoms with Crippen LogP contribution in [0.2, 0.25) is 0 Å². The molecule has 128 valence electrons. The molecule has 0 atom stereocenters. The number of aryl methyl sites for hydroxylation is 1. The quantitative estimate of drug-likeness (QED) is 0.745. The van der Waals surface area contributed by atoms with Gasteiger partial charge in [-0.15, -0.1) is 0 Å². The highest BCUT2D eigenvalue weighted by atomic mass is 19.4. The first-order chi connectivity index (χ1) is 11.9. The lowest BCUT2D eigenvalue weighted by Crippen LogP contribution is -2.08. The molecule has 2 aromatic heterocycles. The Morgan fingerprint density at radius 2 is 1.92 bits per heavy atom. The second kappa shape index (κ2) is 5.20. The molecule has 3 aromatic rings. The van der Waals surface area contributed by atoms with Crippen LogP contribution in [0.1, 0.15) is 27.3 Å². The largest absolute Gasteiger partial charge is 0.476 e. The second-order valence-electron chi connectivity index (χ2n) is 5.70. The number of halogens is 3. The molecule has 4 rings (SSSR count). The maximum absolute atomic E-state index is 12.7. The van der Waals surface area contributed by atoms with Gasteiger partial charge in [0.05, 0.1) is 23.1 Å². The van der Waals surface area contributed by atoms with E-state index in [0.29, 0.717) is 35.3 Å². The maximum atomic E-state index is 12.7. The molecule has 1 aliphatic carbocycles. The summed E-state index contributed by atoms with van der Waals surface area (Å²) in [6, 6.07) is 4.44. The number of aromatic nitrogens is 4. The smallest absolute Gasteiger partial charge is 0.416 e. The van der Waals surface area contributed by atoms with Crippen molar-refractivity contribution in [1.82, 2.24) is 20.0 Å². The molecule has 0 unspecified atom stereocenters. The van der Waals surface area contributed by atoms with Gasteiger partial charge in [0, 0.05) is 16.8 Å². The summed E-state index contributed by atoms with van der Waals surface area (Å²) in [5.74, 6) is -1.17. The number of fused-ring (bicyclic) bond motifs is 3. The van der Waals surface area contributed by atoms with E-state index in [1.165, 1.54) is 16.8 Å². The maximum Gasteiger partial charge on any atom is 0.416 e. The average molecular weight is 348 g/mol. The molecule has 0 radical (unpaired) electrons. The molecule has 25 heavy (non-hydrogen) atoms. The van der Waals surface area contributed by atoms with Crippen LogP contribution in [-0.4, -0.2) is 31.1 Å². The molecule has 0 fully saturated rings. The van der Waals surface area contributed by atoms with Crippen molar-refractivity contribution in [3.63, 3.8) is 0 Å². The minimum atomic E-state index is -4.44. The first-order valence-corrected chi connectivity index (χ1v) is 7.41. The first-order valence-electron chi connectivity index (χ1n) is 7.41. The Bertz CT molecular complexity index is 970. The van der Waals surface area contributed by atoms with Crippen molar-refractivity contribution in [3.8, 4) is 16.9 Å². The van der Waals surface area contributed by atoms with Crippen molar-refractivity contribution in [2.75, 3.05) is 0 Å². The van der Waals surface area contributed by atoms with E-state index in [1.807, 2.05) is 0 Å². The Morgan fingerprint density at radius 1 is 1.20 bits per heavy atom. The number of carbonyl (C=O) groups is 1. The fourth-order valence-corrected chi connectivity index (χ4v) is 3.07. The van der Waals surface area contributed by atoms with Crippen molar-refractivity contribution in [2.45, 2.75) is 19.0 Å². The Hall–Kier alpha value is -3.10. The minimum absolute atomic E-state index is 0.0956. The van der Waals surface area contributed by atoms with Crippen LogP contribution in [0, 0.1) is 0 Å². The van der Waals surface area contributed by atoms with Gasteiger partial charge in [-0.2, -0.15) is 23.4 Å². The van der Waals surface area contributed by atoms with Crippen molar-refractivity contribution >= 4 is 5.97 Å². The van der Waals surface area contributed by atoms with Crippen molar-refractivity contribution in [2.24, 2.45) is 0 Å². The van der Waals surface area contributed by atoms with Crippen LogP contribution in [-0.2, 0) is 19.0 Å². The van der Waals surface area contributed by atoms with Crippen LogP contribution in [0.25, 0.3) is 16.9 Å². The third-order valence-corrected chi connectivity index (χ3v) is 4.22. The number of benzene rings is 1. The molecule has 1 aromatic carbocycles. The Morgan fingerprint density at radius 3 is 2.56 bits per heavy atom. The van der Waals surface area contributed by atoms with Gasteiger partial charge in [0.2, 0.25) is 0 Å². The molecule has 0 bridgehead atoms. The highest BCUT2D eigenvalue weighted by Gasteiger charge is 2.32. The topological polar surface area (TPSA) is 83.8 Å². The van der Waals surface area contributed by atoms with Crippen molar-refractivity contribution in [3.05, 3.63) is 53.0 Å². The summed E-state index contributed by atoms with van der Waals surface area (Å²) in [6.45, 7) is 0. The molecule has 0 saturated heterocycles. The van der Waals surface area contributed by atoms with Gasteiger partial charge in [-0.25, -0.2) is 9.48 Å². The molecule has 0 aliphatic heterocycles. The number of H-pyrrole nitrogens is 1. The van der Waals surface area contributed by atoms with Gasteiger partial charge in [0.25, 0.3) is 0 Å². The fourth-order valence-electron chi connectivity index (χ4n) is 3.07. The number of aromatic carboxylic acids is 1. The second-order valence-corrected chi connectivity index (χ2v) is 5.70. The van der Waals surface area contributed by atoms with Crippen molar-refractivity contribution < 1.29 is 23.1 Å². The predicted molar refractivity (Wildman–Crippen MR) is 80.5 cm³/mol. The summed E-state index contributed by atoms with van der Waals surface area (Å²) >= 11 is 0. The number of nitrogens with one attached hydrogen (secondary N) is 1. The Balaban J connectivity index is 1.90. The molecule has 1 aliphatic rings. The zero-order valence-electron chi connectivity index (χ0n) is 12.6. The molecule has 9 heteroatoms. The van der Waals surface area contributed by atoms with Gasteiger partial charge in [0.15, 0.2) is 5.69 Å². The summed E-state index contributed by atoms with van der Waals surface area (Å²) in [5.41, 5.74) is 2.14. The number of hydrogen-bond donors (Lipinski definition) is 2. The van der Waals surface area contributed by atoms with Crippen molar-refractivity contribution in [1.29, 1.82) is 0 Å². The Labute approximate surface area is 138 Å². The van der Waals surface area contributed by atoms with Crippen LogP contribution < -0.4 is 0 Å². The summed E-state index contributed by atoms with van der Waals surface area (Å²) < 4.78 is 39.6. The van der Waals surface area contributed by atoms with Gasteiger partial charge in [0.1, 0.15) is 0 Å². The van der Waals surface area contributed by atoms with Gasteiger partial charge in [-0.05, 0) is 37.1 Å². The summed E-state index contributed by atoms with van der Waals surface area (Å²) in [6.07, 6.45) is -1.80. The lowest BCUT2D eigenvalue weighted by molar-refractivity contribution is -0.137. The van der Waals surface area contributed by atoms with Gasteiger partial charge in [-0.3, -0.25) is 5.10 Å². The molecular weight excluding hydrogens is 337 g/mol. The molecule has 2 heterocycles. The van der Waals surface area contributed by atoms with Crippen LogP contribution in [0.4, 0.5) is 13.2 Å². The zero-order valence-corrected chi connectivity index (χ0v) is 12.6. The normalized spacial score (nSPS) is 13.4. The average Bonchev–Trinajstić information content (AvgIpc) is 3.18. The standard InChI is InChI=1S/C16H11F3N4O2/c17-16(18,19)8-1-3-9(4-2-8)23-14-10(13(22-23)15(24)25)5-6-12-11(14)7-20-21-12/h1-4,7H,5-6H2,(H,20,21)(H,24,25). The van der Waals surface area contributed by atoms with Gasteiger partial charge in [-0.1, -0.05) is 0 Å². The van der Waals surface area contributed by atoms with Crippen LogP contribution in [0.3, 0.4) is 0 Å². The first kappa shape index (κ1) is 15.4. The fraction of sp³-hybridized carbons (Fsp3) is 0.188. The highest BCUT2D eigenvalue weighted by molar-refractivity contribution is 5.90. The predicted octanol–water partition coefficient (Wildman–Crippen LogP) is 3.08. The molecular formula is C16H11F3N4O2. The number of carboxylic acid groups (broad SMARTS) is 1. The minimum Gasteiger partial charge on any atom is -0.476 e. The number of rotatable bonds is 2. The lowest BCUT2D eigenvalue weighted by Gasteiger charge is -2.15. The van der Waals surface area contributed by atoms with E-state index in [1.54, 1.807) is 6.20 Å². The van der Waals surface area contributed by atoms with Gasteiger partial charge < -0.3 is 5.11 Å². The lowest BCUT2D eigenvalue weighted by atomic mass is 9.94. The monoisotopic (exact) mass is 348 g/mol. The zero-order chi connectivity index (χ0) is 17.8. The number of aromatic amines is 1. The molecule has 0 saturated carbocycles. The molecule has 2 N–H and O–H groups in total. The Kier molecular flexibility index (Phi) is 3.21. The van der Waals surface area contributed by atoms with E-state index in [4.69, 9.17) is 0 Å². The van der Waals surface area contributed by atoms with Crippen LogP contribution >= 0.6 is 0 Å². The van der Waals surface area contributed by atoms with E-state index in [9.17, 15) is 23.1 Å². The highest BCUT2D eigenvalue weighted by Crippen LogP contribution is 2.36. The number of carboxylic acids is 1. The van der Waals surface area contributed by atoms with E-state index in [0.717, 1.165) is 17.8 Å². The molecule has 0 amide bonds. The number of nitrogens with zero attached hydrogens (tertiary/aromatic N) is 3. The summed E-state index contributed by atoms with van der Waals surface area (Å²) in [5, 5.41) is 20.4. The SMILES string of the molecule is O=C(O)c1nn(-c2ccc(C(F)(F)F)cc2)c2c1CCc1[nH]ncc1-2. The summed E-state index contributed by atoms with van der Waals surface area (Å²) in [7, 11) is 0. The third kappa shape index (κ3) is 2.39. The molecule has 0 spiro atoms. The van der Waals surface area contributed by atoms with E-state index in [-0.39, 0.29) is 5.69 Å². The number of alkyl halides is 3. The number of hydrogen-bond acceptors (Lipinski definition) is 3. The van der Waals surface area contributed by atoms with E-state index >= 15 is 0 Å². The van der Waals surface area contributed by atoms with Crippen LogP contribution in [0.5, 0.6) is 0 Å². The van der Waals surface area contributed by atoms with Crippen LogP contribution in [0.15, 0.2) is 30.5 Å².